The first-order chi connectivity index (χ1) is 14.8. The van der Waals surface area contributed by atoms with Gasteiger partial charge in [0.05, 0.1) is 23.2 Å². The molecular weight excluding hydrogens is 420 g/mol. The summed E-state index contributed by atoms with van der Waals surface area (Å²) in [5.74, 6) is 0.262. The van der Waals surface area contributed by atoms with E-state index in [1.54, 1.807) is 26.0 Å². The molecule has 3 heterocycles. The molecule has 0 amide bonds. The quantitative estimate of drug-likeness (QED) is 0.520. The van der Waals surface area contributed by atoms with E-state index >= 15 is 0 Å². The third kappa shape index (κ3) is 3.55. The number of aromatic nitrogens is 1. The monoisotopic (exact) mass is 446 g/mol. The van der Waals surface area contributed by atoms with Gasteiger partial charge in [-0.15, -0.1) is 0 Å². The van der Waals surface area contributed by atoms with E-state index in [1.807, 2.05) is 13.8 Å². The van der Waals surface area contributed by atoms with Gasteiger partial charge in [0.1, 0.15) is 11.3 Å². The van der Waals surface area contributed by atoms with E-state index < -0.39 is 16.0 Å². The average molecular weight is 447 g/mol. The zero-order valence-electron chi connectivity index (χ0n) is 18.1. The molecule has 2 aromatic heterocycles. The minimum absolute atomic E-state index is 0.0955. The molecule has 1 aliphatic heterocycles. The lowest BCUT2D eigenvalue weighted by atomic mass is 10.0. The molecule has 8 nitrogen and oxygen atoms in total. The fourth-order valence-electron chi connectivity index (χ4n) is 4.31. The fraction of sp³-hybridized carbons (Fsp3) is 0.455. The summed E-state index contributed by atoms with van der Waals surface area (Å²) in [5, 5.41) is 4.63. The van der Waals surface area contributed by atoms with Crippen LogP contribution in [0.2, 0.25) is 0 Å². The van der Waals surface area contributed by atoms with Crippen LogP contribution in [-0.2, 0) is 21.2 Å². The summed E-state index contributed by atoms with van der Waals surface area (Å²) in [6, 6.07) is 4.38. The molecule has 166 valence electrons. The largest absolute Gasteiger partial charge is 0.460 e. The SMILES string of the molecule is CCOC(=O)c1oc2ccc(S(=O)(=O)N3CCC[C@@H]3c3c(C)noc3CC)cc2c1C. The molecule has 1 fully saturated rings. The number of fused-ring (bicyclic) bond motifs is 1. The molecule has 1 saturated heterocycles. The number of nitrogens with zero attached hydrogens (tertiary/aromatic N) is 2. The third-order valence-corrected chi connectivity index (χ3v) is 7.72. The van der Waals surface area contributed by atoms with E-state index in [1.165, 1.54) is 10.4 Å². The van der Waals surface area contributed by atoms with Crippen molar-refractivity contribution < 1.29 is 26.9 Å². The highest BCUT2D eigenvalue weighted by Crippen LogP contribution is 2.40. The molecule has 0 unspecified atom stereocenters. The van der Waals surface area contributed by atoms with Crippen molar-refractivity contribution in [2.45, 2.75) is 57.9 Å². The van der Waals surface area contributed by atoms with Gasteiger partial charge in [-0.2, -0.15) is 4.31 Å². The Labute approximate surface area is 181 Å². The maximum absolute atomic E-state index is 13.6. The van der Waals surface area contributed by atoms with Crippen LogP contribution in [0, 0.1) is 13.8 Å². The Kier molecular flexibility index (Phi) is 5.65. The summed E-state index contributed by atoms with van der Waals surface area (Å²) in [7, 11) is -3.78. The first kappa shape index (κ1) is 21.6. The molecule has 0 saturated carbocycles. The molecule has 0 aliphatic carbocycles. The van der Waals surface area contributed by atoms with Crippen LogP contribution in [0.3, 0.4) is 0 Å². The molecule has 0 spiro atoms. The molecule has 0 radical (unpaired) electrons. The summed E-state index contributed by atoms with van der Waals surface area (Å²) in [5.41, 5.74) is 2.60. The summed E-state index contributed by atoms with van der Waals surface area (Å²) >= 11 is 0. The van der Waals surface area contributed by atoms with Crippen LogP contribution in [0.1, 0.15) is 65.9 Å². The van der Waals surface area contributed by atoms with Crippen LogP contribution < -0.4 is 0 Å². The maximum atomic E-state index is 13.6. The number of hydrogen-bond donors (Lipinski definition) is 0. The minimum Gasteiger partial charge on any atom is -0.460 e. The van der Waals surface area contributed by atoms with E-state index in [0.717, 1.165) is 23.4 Å². The van der Waals surface area contributed by atoms with Crippen molar-refractivity contribution in [1.82, 2.24) is 9.46 Å². The Morgan fingerprint density at radius 1 is 1.29 bits per heavy atom. The van der Waals surface area contributed by atoms with E-state index in [4.69, 9.17) is 13.7 Å². The number of benzene rings is 1. The van der Waals surface area contributed by atoms with Crippen LogP contribution in [-0.4, -0.2) is 37.0 Å². The predicted octanol–water partition coefficient (Wildman–Crippen LogP) is 4.30. The molecule has 1 atom stereocenters. The second-order valence-corrected chi connectivity index (χ2v) is 9.56. The van der Waals surface area contributed by atoms with Gasteiger partial charge in [0.25, 0.3) is 0 Å². The van der Waals surface area contributed by atoms with E-state index in [9.17, 15) is 13.2 Å². The number of carbonyl (C=O) groups is 1. The summed E-state index contributed by atoms with van der Waals surface area (Å²) in [4.78, 5) is 12.3. The van der Waals surface area contributed by atoms with Crippen molar-refractivity contribution in [1.29, 1.82) is 0 Å². The first-order valence-electron chi connectivity index (χ1n) is 10.5. The number of rotatable bonds is 6. The Balaban J connectivity index is 1.75. The van der Waals surface area contributed by atoms with Gasteiger partial charge < -0.3 is 13.7 Å². The van der Waals surface area contributed by atoms with Gasteiger partial charge >= 0.3 is 5.97 Å². The standard InChI is InChI=1S/C22H26N2O6S/c1-5-18-20(14(4)23-30-18)17-8-7-11-24(17)31(26,27)15-9-10-19-16(12-15)13(3)21(29-19)22(25)28-6-2/h9-10,12,17H,5-8,11H2,1-4H3/t17-/m1/s1. The van der Waals surface area contributed by atoms with Crippen LogP contribution in [0.15, 0.2) is 32.0 Å². The third-order valence-electron chi connectivity index (χ3n) is 5.82. The second kappa shape index (κ2) is 8.12. The van der Waals surface area contributed by atoms with E-state index in [-0.39, 0.29) is 23.3 Å². The topological polar surface area (TPSA) is 103 Å². The van der Waals surface area contributed by atoms with Crippen molar-refractivity contribution in [3.8, 4) is 0 Å². The highest BCUT2D eigenvalue weighted by atomic mass is 32.2. The number of furan rings is 1. The number of aryl methyl sites for hydroxylation is 3. The number of carbonyl (C=O) groups excluding carboxylic acids is 1. The van der Waals surface area contributed by atoms with E-state index in [0.29, 0.717) is 35.9 Å². The van der Waals surface area contributed by atoms with Gasteiger partial charge in [0, 0.05) is 29.5 Å². The fourth-order valence-corrected chi connectivity index (χ4v) is 6.00. The Morgan fingerprint density at radius 2 is 2.06 bits per heavy atom. The van der Waals surface area contributed by atoms with Crippen molar-refractivity contribution in [2.24, 2.45) is 0 Å². The highest BCUT2D eigenvalue weighted by Gasteiger charge is 2.39. The Bertz CT molecular complexity index is 1240. The molecule has 9 heteroatoms. The molecule has 1 aliphatic rings. The number of ether oxygens (including phenoxy) is 1. The second-order valence-electron chi connectivity index (χ2n) is 7.67. The summed E-state index contributed by atoms with van der Waals surface area (Å²) in [6.45, 7) is 7.91. The summed E-state index contributed by atoms with van der Waals surface area (Å²) < 4.78 is 44.8. The van der Waals surface area contributed by atoms with Crippen molar-refractivity contribution in [3.63, 3.8) is 0 Å². The van der Waals surface area contributed by atoms with Gasteiger partial charge in [-0.3, -0.25) is 0 Å². The molecule has 1 aromatic carbocycles. The zero-order chi connectivity index (χ0) is 22.3. The van der Waals surface area contributed by atoms with Crippen molar-refractivity contribution in [2.75, 3.05) is 13.2 Å². The predicted molar refractivity (Wildman–Crippen MR) is 113 cm³/mol. The minimum atomic E-state index is -3.78. The average Bonchev–Trinajstić information content (AvgIpc) is 3.45. The van der Waals surface area contributed by atoms with Crippen LogP contribution in [0.25, 0.3) is 11.0 Å². The maximum Gasteiger partial charge on any atom is 0.374 e. The zero-order valence-corrected chi connectivity index (χ0v) is 18.9. The van der Waals surface area contributed by atoms with Crippen molar-refractivity contribution in [3.05, 3.63) is 46.5 Å². The van der Waals surface area contributed by atoms with Gasteiger partial charge in [0.2, 0.25) is 15.8 Å². The first-order valence-corrected chi connectivity index (χ1v) is 11.9. The number of hydrogen-bond acceptors (Lipinski definition) is 7. The Morgan fingerprint density at radius 3 is 2.77 bits per heavy atom. The van der Waals surface area contributed by atoms with E-state index in [2.05, 4.69) is 5.16 Å². The molecule has 4 rings (SSSR count). The highest BCUT2D eigenvalue weighted by molar-refractivity contribution is 7.89. The van der Waals surface area contributed by atoms with Gasteiger partial charge in [-0.1, -0.05) is 12.1 Å². The van der Waals surface area contributed by atoms with Crippen LogP contribution >= 0.6 is 0 Å². The lowest BCUT2D eigenvalue weighted by molar-refractivity contribution is 0.0491. The molecule has 3 aromatic rings. The molecular formula is C22H26N2O6S. The lowest BCUT2D eigenvalue weighted by Gasteiger charge is -2.24. The molecule has 31 heavy (non-hydrogen) atoms. The molecule has 0 N–H and O–H groups in total. The van der Waals surface area contributed by atoms with Gasteiger partial charge in [-0.25, -0.2) is 13.2 Å². The van der Waals surface area contributed by atoms with Crippen LogP contribution in [0.4, 0.5) is 0 Å². The lowest BCUT2D eigenvalue weighted by Crippen LogP contribution is -2.31. The smallest absolute Gasteiger partial charge is 0.374 e. The normalized spacial score (nSPS) is 17.5. The Hall–Kier alpha value is -2.65. The summed E-state index contributed by atoms with van der Waals surface area (Å²) in [6.07, 6.45) is 2.13. The van der Waals surface area contributed by atoms with Crippen molar-refractivity contribution >= 4 is 27.0 Å². The van der Waals surface area contributed by atoms with Gasteiger partial charge in [0.15, 0.2) is 0 Å². The van der Waals surface area contributed by atoms with Crippen LogP contribution in [0.5, 0.6) is 0 Å². The number of sulfonamides is 1. The number of esters is 1. The van der Waals surface area contributed by atoms with Gasteiger partial charge in [-0.05, 0) is 51.8 Å². The molecule has 0 bridgehead atoms.